The molecule has 4 fully saturated rings. The highest BCUT2D eigenvalue weighted by Crippen LogP contribution is 2.41. The quantitative estimate of drug-likeness (QED) is 0.805. The molecule has 1 aromatic carbocycles. The maximum Gasteiger partial charge on any atom is 0.415 e. The Morgan fingerprint density at radius 1 is 1.00 bits per heavy atom. The summed E-state index contributed by atoms with van der Waals surface area (Å²) in [4.78, 5) is 29.6. The molecule has 2 aliphatic carbocycles. The Bertz CT molecular complexity index is 814. The summed E-state index contributed by atoms with van der Waals surface area (Å²) < 4.78 is 5.73. The highest BCUT2D eigenvalue weighted by atomic mass is 16.6. The number of carbonyl (C=O) groups is 2. The molecule has 0 radical (unpaired) electrons. The molecule has 5 atom stereocenters. The molecule has 4 unspecified atom stereocenters. The van der Waals surface area contributed by atoms with Crippen molar-refractivity contribution in [2.45, 2.75) is 70.1 Å². The molecular weight excluding hydrogens is 392 g/mol. The summed E-state index contributed by atoms with van der Waals surface area (Å²) in [7, 11) is 0. The lowest BCUT2D eigenvalue weighted by atomic mass is 9.73. The molecule has 5 rings (SSSR count). The molecule has 2 saturated carbocycles. The number of para-hydroxylation sites is 1. The fourth-order valence-corrected chi connectivity index (χ4v) is 6.08. The van der Waals surface area contributed by atoms with Crippen LogP contribution in [0.4, 0.5) is 4.79 Å². The summed E-state index contributed by atoms with van der Waals surface area (Å²) in [5.41, 5.74) is 3.60. The van der Waals surface area contributed by atoms with E-state index in [0.717, 1.165) is 38.4 Å². The number of piperazine rings is 1. The molecule has 31 heavy (non-hydrogen) atoms. The first-order valence-corrected chi connectivity index (χ1v) is 11.8. The second-order valence-corrected chi connectivity index (χ2v) is 9.82. The number of fused-ring (bicyclic) bond motifs is 1. The van der Waals surface area contributed by atoms with Gasteiger partial charge in [0.2, 0.25) is 5.91 Å². The number of carbonyl (C=O) groups excluding carboxylic acids is 2. The third kappa shape index (κ3) is 4.17. The SMILES string of the molecule is CC(=O)N1C2CCC(C3CNN(C4CC4)C3)CC2N(C(=O)Oc2ccccc2)C[C@@H]1C. The third-order valence-electron chi connectivity index (χ3n) is 7.70. The van der Waals surface area contributed by atoms with Crippen LogP contribution in [0.15, 0.2) is 30.3 Å². The predicted octanol–water partition coefficient (Wildman–Crippen LogP) is 2.87. The number of nitrogens with zero attached hydrogens (tertiary/aromatic N) is 3. The van der Waals surface area contributed by atoms with E-state index >= 15 is 0 Å². The van der Waals surface area contributed by atoms with E-state index in [9.17, 15) is 9.59 Å². The summed E-state index contributed by atoms with van der Waals surface area (Å²) in [6.45, 7) is 6.36. The number of ether oxygens (including phenoxy) is 1. The summed E-state index contributed by atoms with van der Waals surface area (Å²) >= 11 is 0. The van der Waals surface area contributed by atoms with Crippen molar-refractivity contribution >= 4 is 12.0 Å². The Morgan fingerprint density at radius 3 is 2.48 bits per heavy atom. The van der Waals surface area contributed by atoms with Gasteiger partial charge >= 0.3 is 6.09 Å². The van der Waals surface area contributed by atoms with Gasteiger partial charge in [0, 0.05) is 38.6 Å². The first-order valence-electron chi connectivity index (χ1n) is 11.8. The normalized spacial score (nSPS) is 33.8. The van der Waals surface area contributed by atoms with E-state index in [1.165, 1.54) is 12.8 Å². The standard InChI is InChI=1S/C24H34N4O3/c1-16-14-26(24(30)31-21-6-4-3-5-7-21)23-12-18(8-11-22(23)28(16)17(2)29)19-13-25-27(15-19)20-9-10-20/h3-7,16,18-20,22-23,25H,8-15H2,1-2H3/t16-,18?,19?,22?,23?/m0/s1. The Balaban J connectivity index is 1.33. The molecule has 2 amide bonds. The zero-order valence-electron chi connectivity index (χ0n) is 18.6. The number of hydrogen-bond acceptors (Lipinski definition) is 5. The van der Waals surface area contributed by atoms with Gasteiger partial charge in [-0.15, -0.1) is 0 Å². The first-order chi connectivity index (χ1) is 15.0. The van der Waals surface area contributed by atoms with Gasteiger partial charge in [-0.1, -0.05) is 18.2 Å². The molecule has 0 spiro atoms. The zero-order chi connectivity index (χ0) is 21.5. The monoisotopic (exact) mass is 426 g/mol. The fourth-order valence-electron chi connectivity index (χ4n) is 6.08. The van der Waals surface area contributed by atoms with Crippen LogP contribution in [0, 0.1) is 11.8 Å². The Morgan fingerprint density at radius 2 is 1.77 bits per heavy atom. The summed E-state index contributed by atoms with van der Waals surface area (Å²) in [5.74, 6) is 1.85. The van der Waals surface area contributed by atoms with Gasteiger partial charge in [-0.2, -0.15) is 0 Å². The van der Waals surface area contributed by atoms with Gasteiger partial charge in [-0.3, -0.25) is 10.2 Å². The first kappa shape index (κ1) is 20.8. The number of hydrazine groups is 1. The minimum absolute atomic E-state index is 0.00266. The number of hydrogen-bond donors (Lipinski definition) is 1. The van der Waals surface area contributed by atoms with E-state index in [-0.39, 0.29) is 30.1 Å². The van der Waals surface area contributed by atoms with E-state index in [0.29, 0.717) is 24.1 Å². The van der Waals surface area contributed by atoms with Crippen LogP contribution < -0.4 is 10.2 Å². The van der Waals surface area contributed by atoms with Gasteiger partial charge < -0.3 is 14.5 Å². The Labute approximate surface area is 184 Å². The van der Waals surface area contributed by atoms with E-state index in [2.05, 4.69) is 10.4 Å². The van der Waals surface area contributed by atoms with E-state index in [1.807, 2.05) is 47.1 Å². The second kappa shape index (κ2) is 8.43. The largest absolute Gasteiger partial charge is 0.415 e. The molecule has 1 N–H and O–H groups in total. The third-order valence-corrected chi connectivity index (χ3v) is 7.70. The van der Waals surface area contributed by atoms with Crippen molar-refractivity contribution in [2.75, 3.05) is 19.6 Å². The minimum Gasteiger partial charge on any atom is -0.410 e. The van der Waals surface area contributed by atoms with Crippen molar-refractivity contribution in [2.24, 2.45) is 11.8 Å². The molecule has 2 aliphatic heterocycles. The average Bonchev–Trinajstić information content (AvgIpc) is 3.49. The van der Waals surface area contributed by atoms with Crippen LogP contribution in [0.2, 0.25) is 0 Å². The van der Waals surface area contributed by atoms with Crippen molar-refractivity contribution < 1.29 is 14.3 Å². The van der Waals surface area contributed by atoms with Crippen molar-refractivity contribution in [1.82, 2.24) is 20.2 Å². The highest BCUT2D eigenvalue weighted by Gasteiger charge is 2.49. The zero-order valence-corrected chi connectivity index (χ0v) is 18.6. The van der Waals surface area contributed by atoms with Gasteiger partial charge in [0.15, 0.2) is 0 Å². The van der Waals surface area contributed by atoms with Crippen molar-refractivity contribution in [1.29, 1.82) is 0 Å². The molecule has 0 aromatic heterocycles. The molecule has 168 valence electrons. The van der Waals surface area contributed by atoms with Gasteiger partial charge in [0.1, 0.15) is 5.75 Å². The molecule has 0 bridgehead atoms. The van der Waals surface area contributed by atoms with E-state index < -0.39 is 0 Å². The van der Waals surface area contributed by atoms with Gasteiger partial charge in [0.05, 0.1) is 12.1 Å². The predicted molar refractivity (Wildman–Crippen MR) is 117 cm³/mol. The fraction of sp³-hybridized carbons (Fsp3) is 0.667. The van der Waals surface area contributed by atoms with Gasteiger partial charge in [-0.25, -0.2) is 9.80 Å². The lowest BCUT2D eigenvalue weighted by Crippen LogP contribution is -2.67. The van der Waals surface area contributed by atoms with Crippen molar-refractivity contribution in [3.63, 3.8) is 0 Å². The van der Waals surface area contributed by atoms with E-state index in [1.54, 1.807) is 6.92 Å². The number of nitrogens with one attached hydrogen (secondary N) is 1. The minimum atomic E-state index is -0.291. The number of rotatable bonds is 3. The molecule has 2 saturated heterocycles. The summed E-state index contributed by atoms with van der Waals surface area (Å²) in [5, 5.41) is 2.43. The molecule has 2 heterocycles. The van der Waals surface area contributed by atoms with Crippen LogP contribution in [-0.2, 0) is 4.79 Å². The van der Waals surface area contributed by atoms with Crippen LogP contribution in [0.5, 0.6) is 5.75 Å². The molecule has 1 aromatic rings. The second-order valence-electron chi connectivity index (χ2n) is 9.82. The lowest BCUT2D eigenvalue weighted by molar-refractivity contribution is -0.142. The van der Waals surface area contributed by atoms with Crippen LogP contribution in [0.1, 0.15) is 46.0 Å². The van der Waals surface area contributed by atoms with E-state index in [4.69, 9.17) is 4.74 Å². The van der Waals surface area contributed by atoms with Gasteiger partial charge in [-0.05, 0) is 63.0 Å². The molecule has 7 nitrogen and oxygen atoms in total. The van der Waals surface area contributed by atoms with Crippen molar-refractivity contribution in [3.8, 4) is 5.75 Å². The smallest absolute Gasteiger partial charge is 0.410 e. The van der Waals surface area contributed by atoms with Crippen LogP contribution in [0.3, 0.4) is 0 Å². The maximum atomic E-state index is 13.2. The van der Waals surface area contributed by atoms with Crippen LogP contribution >= 0.6 is 0 Å². The summed E-state index contributed by atoms with van der Waals surface area (Å²) in [6.07, 6.45) is 5.33. The molecule has 4 aliphatic rings. The van der Waals surface area contributed by atoms with Gasteiger partial charge in [0.25, 0.3) is 0 Å². The maximum absolute atomic E-state index is 13.2. The van der Waals surface area contributed by atoms with Crippen LogP contribution in [-0.4, -0.2) is 70.6 Å². The summed E-state index contributed by atoms with van der Waals surface area (Å²) in [6, 6.07) is 10.1. The lowest BCUT2D eigenvalue weighted by Gasteiger charge is -2.54. The number of amides is 2. The topological polar surface area (TPSA) is 65.1 Å². The molecular formula is C24H34N4O3. The Kier molecular flexibility index (Phi) is 5.65. The molecule has 7 heteroatoms. The number of benzene rings is 1. The van der Waals surface area contributed by atoms with Crippen LogP contribution in [0.25, 0.3) is 0 Å². The van der Waals surface area contributed by atoms with Crippen molar-refractivity contribution in [3.05, 3.63) is 30.3 Å². The highest BCUT2D eigenvalue weighted by molar-refractivity contribution is 5.76. The average molecular weight is 427 g/mol. The Hall–Kier alpha value is -2.12.